The molecule has 2 heterocycles. The molecule has 1 aromatic heterocycles. The number of hydrogen-bond acceptors (Lipinski definition) is 5. The number of H-pyrrole nitrogens is 1. The third kappa shape index (κ3) is 3.15. The molecule has 2 unspecified atom stereocenters. The van der Waals surface area contributed by atoms with E-state index in [2.05, 4.69) is 16.0 Å². The Hall–Kier alpha value is -2.66. The third-order valence-corrected chi connectivity index (χ3v) is 3.44. The topological polar surface area (TPSA) is 137 Å². The van der Waals surface area contributed by atoms with E-state index in [-0.39, 0.29) is 24.5 Å². The SMILES string of the molecule is CC(=O)OCC1CCC(C#N)(c2ccc(C(N)=NC=N)[nH]2)O1. The van der Waals surface area contributed by atoms with Crippen LogP contribution in [0.25, 0.3) is 0 Å². The summed E-state index contributed by atoms with van der Waals surface area (Å²) in [4.78, 5) is 17.5. The number of carbonyl (C=O) groups is 1. The minimum absolute atomic E-state index is 0.129. The molecule has 22 heavy (non-hydrogen) atoms. The predicted molar refractivity (Wildman–Crippen MR) is 78.3 cm³/mol. The average Bonchev–Trinajstić information content (AvgIpc) is 3.13. The molecule has 0 saturated carbocycles. The minimum Gasteiger partial charge on any atom is -0.463 e. The van der Waals surface area contributed by atoms with Crippen molar-refractivity contribution in [3.63, 3.8) is 0 Å². The largest absolute Gasteiger partial charge is 0.463 e. The highest BCUT2D eigenvalue weighted by atomic mass is 16.6. The summed E-state index contributed by atoms with van der Waals surface area (Å²) in [6, 6.07) is 5.56. The first-order valence-corrected chi connectivity index (χ1v) is 6.75. The highest BCUT2D eigenvalue weighted by Crippen LogP contribution is 2.38. The van der Waals surface area contributed by atoms with Gasteiger partial charge in [-0.3, -0.25) is 10.2 Å². The summed E-state index contributed by atoms with van der Waals surface area (Å²) in [5, 5.41) is 16.4. The smallest absolute Gasteiger partial charge is 0.302 e. The van der Waals surface area contributed by atoms with Crippen molar-refractivity contribution in [2.75, 3.05) is 6.61 Å². The third-order valence-electron chi connectivity index (χ3n) is 3.44. The van der Waals surface area contributed by atoms with Crippen LogP contribution in [0.1, 0.15) is 31.2 Å². The number of nitrogens with two attached hydrogens (primary N) is 1. The number of carbonyl (C=O) groups excluding carboxylic acids is 1. The second kappa shape index (κ2) is 6.41. The van der Waals surface area contributed by atoms with Gasteiger partial charge >= 0.3 is 5.97 Å². The van der Waals surface area contributed by atoms with Crippen LogP contribution in [0.4, 0.5) is 0 Å². The van der Waals surface area contributed by atoms with Crippen molar-refractivity contribution in [1.82, 2.24) is 4.98 Å². The molecule has 2 atom stereocenters. The number of hydrogen-bond donors (Lipinski definition) is 3. The Labute approximate surface area is 127 Å². The molecule has 0 aliphatic carbocycles. The van der Waals surface area contributed by atoms with Gasteiger partial charge in [0.15, 0.2) is 5.60 Å². The number of aliphatic imine (C=N–C) groups is 1. The maximum atomic E-state index is 10.8. The number of rotatable bonds is 5. The first-order chi connectivity index (χ1) is 10.5. The van der Waals surface area contributed by atoms with Crippen LogP contribution < -0.4 is 5.73 Å². The molecule has 0 radical (unpaired) electrons. The van der Waals surface area contributed by atoms with E-state index < -0.39 is 5.60 Å². The lowest BCUT2D eigenvalue weighted by Gasteiger charge is -2.20. The van der Waals surface area contributed by atoms with Gasteiger partial charge in [-0.2, -0.15) is 5.26 Å². The Balaban J connectivity index is 2.16. The van der Waals surface area contributed by atoms with Crippen LogP contribution >= 0.6 is 0 Å². The van der Waals surface area contributed by atoms with E-state index >= 15 is 0 Å². The molecule has 1 saturated heterocycles. The molecule has 1 aliphatic rings. The van der Waals surface area contributed by atoms with Crippen LogP contribution in [0.15, 0.2) is 17.1 Å². The molecular weight excluding hydrogens is 286 g/mol. The summed E-state index contributed by atoms with van der Waals surface area (Å²) < 4.78 is 10.7. The van der Waals surface area contributed by atoms with Crippen molar-refractivity contribution in [2.45, 2.75) is 31.5 Å². The lowest BCUT2D eigenvalue weighted by Crippen LogP contribution is -2.27. The highest BCUT2D eigenvalue weighted by Gasteiger charge is 2.43. The van der Waals surface area contributed by atoms with E-state index in [9.17, 15) is 10.1 Å². The fourth-order valence-electron chi connectivity index (χ4n) is 2.35. The number of ether oxygens (including phenoxy) is 2. The Morgan fingerprint density at radius 1 is 1.77 bits per heavy atom. The van der Waals surface area contributed by atoms with Gasteiger partial charge in [0.05, 0.1) is 17.5 Å². The monoisotopic (exact) mass is 303 g/mol. The number of nitrogens with zero attached hydrogens (tertiary/aromatic N) is 2. The van der Waals surface area contributed by atoms with Crippen LogP contribution in [0.5, 0.6) is 0 Å². The Bertz CT molecular complexity index is 645. The van der Waals surface area contributed by atoms with Gasteiger partial charge in [-0.05, 0) is 25.0 Å². The molecule has 0 bridgehead atoms. The van der Waals surface area contributed by atoms with Gasteiger partial charge in [0.2, 0.25) is 0 Å². The summed E-state index contributed by atoms with van der Waals surface area (Å²) in [7, 11) is 0. The van der Waals surface area contributed by atoms with Crippen LogP contribution in [0, 0.1) is 16.7 Å². The van der Waals surface area contributed by atoms with Crippen LogP contribution in [0.2, 0.25) is 0 Å². The van der Waals surface area contributed by atoms with Gasteiger partial charge in [-0.15, -0.1) is 0 Å². The standard InChI is InChI=1S/C14H17N5O3/c1-9(20)21-6-10-4-5-14(7-15,22-10)12-3-2-11(19-12)13(17)18-8-16/h2-3,8,10,19H,4-6H2,1H3,(H3,16,17,18). The van der Waals surface area contributed by atoms with Gasteiger partial charge in [0.1, 0.15) is 24.9 Å². The average molecular weight is 303 g/mol. The number of esters is 1. The number of amidine groups is 1. The lowest BCUT2D eigenvalue weighted by atomic mass is 9.98. The molecule has 1 aromatic rings. The molecule has 8 heteroatoms. The summed E-state index contributed by atoms with van der Waals surface area (Å²) >= 11 is 0. The van der Waals surface area contributed by atoms with Crippen LogP contribution in [-0.2, 0) is 19.9 Å². The molecule has 1 aliphatic heterocycles. The zero-order valence-electron chi connectivity index (χ0n) is 12.1. The summed E-state index contributed by atoms with van der Waals surface area (Å²) in [6.45, 7) is 1.46. The number of nitrogens with one attached hydrogen (secondary N) is 2. The van der Waals surface area contributed by atoms with E-state index in [0.717, 1.165) is 6.34 Å². The van der Waals surface area contributed by atoms with Gasteiger partial charge in [-0.25, -0.2) is 4.99 Å². The lowest BCUT2D eigenvalue weighted by molar-refractivity contribution is -0.146. The van der Waals surface area contributed by atoms with Gasteiger partial charge in [0.25, 0.3) is 0 Å². The minimum atomic E-state index is -1.12. The first kappa shape index (κ1) is 15.7. The van der Waals surface area contributed by atoms with E-state index in [1.54, 1.807) is 12.1 Å². The van der Waals surface area contributed by atoms with E-state index in [0.29, 0.717) is 24.2 Å². The van der Waals surface area contributed by atoms with Gasteiger partial charge in [-0.1, -0.05) is 0 Å². The van der Waals surface area contributed by atoms with Gasteiger partial charge in [0, 0.05) is 6.92 Å². The van der Waals surface area contributed by atoms with Crippen molar-refractivity contribution in [1.29, 1.82) is 10.7 Å². The quantitative estimate of drug-likeness (QED) is 0.419. The maximum absolute atomic E-state index is 10.8. The number of nitriles is 1. The first-order valence-electron chi connectivity index (χ1n) is 6.75. The van der Waals surface area contributed by atoms with E-state index in [1.807, 2.05) is 0 Å². The van der Waals surface area contributed by atoms with Crippen molar-refractivity contribution >= 4 is 18.1 Å². The van der Waals surface area contributed by atoms with E-state index in [1.165, 1.54) is 6.92 Å². The number of aromatic nitrogens is 1. The molecule has 1 fully saturated rings. The zero-order chi connectivity index (χ0) is 16.2. The van der Waals surface area contributed by atoms with E-state index in [4.69, 9.17) is 20.6 Å². The summed E-state index contributed by atoms with van der Waals surface area (Å²) in [5.74, 6) is -0.223. The second-order valence-electron chi connectivity index (χ2n) is 4.95. The molecule has 0 amide bonds. The van der Waals surface area contributed by atoms with Crippen molar-refractivity contribution in [3.8, 4) is 6.07 Å². The highest BCUT2D eigenvalue weighted by molar-refractivity contribution is 5.99. The summed E-state index contributed by atoms with van der Waals surface area (Å²) in [6.07, 6.45) is 1.62. The van der Waals surface area contributed by atoms with Crippen LogP contribution in [-0.4, -0.2) is 35.8 Å². The molecule has 4 N–H and O–H groups in total. The Morgan fingerprint density at radius 3 is 3.18 bits per heavy atom. The van der Waals surface area contributed by atoms with Crippen molar-refractivity contribution in [3.05, 3.63) is 23.5 Å². The van der Waals surface area contributed by atoms with Crippen molar-refractivity contribution in [2.24, 2.45) is 10.7 Å². The molecule has 0 aromatic carbocycles. The zero-order valence-corrected chi connectivity index (χ0v) is 12.1. The Kier molecular flexibility index (Phi) is 4.58. The van der Waals surface area contributed by atoms with Crippen molar-refractivity contribution < 1.29 is 14.3 Å². The fourth-order valence-corrected chi connectivity index (χ4v) is 2.35. The molecule has 8 nitrogen and oxygen atoms in total. The fraction of sp³-hybridized carbons (Fsp3) is 0.429. The molecule has 116 valence electrons. The number of aromatic amines is 1. The molecule has 0 spiro atoms. The molecule has 2 rings (SSSR count). The summed E-state index contributed by atoms with van der Waals surface area (Å²) in [5.41, 5.74) is 5.66. The van der Waals surface area contributed by atoms with Gasteiger partial charge < -0.3 is 20.2 Å². The molecular formula is C14H17N5O3. The maximum Gasteiger partial charge on any atom is 0.302 e. The normalized spacial score (nSPS) is 24.7. The second-order valence-corrected chi connectivity index (χ2v) is 4.95. The Morgan fingerprint density at radius 2 is 2.55 bits per heavy atom. The van der Waals surface area contributed by atoms with Crippen LogP contribution in [0.3, 0.4) is 0 Å². The predicted octanol–water partition coefficient (Wildman–Crippen LogP) is 0.788.